The number of urea groups is 1. The standard InChI is InChI=1S/C15H14ClN3O2/c16-11-3-1-4-12(7-11)18-15(20)19-9-14(10-19)21-13-5-2-6-17-8-13/h1-8,14H,9-10H2,(H,18,20). The Morgan fingerprint density at radius 3 is 2.90 bits per heavy atom. The molecule has 0 aliphatic carbocycles. The van der Waals surface area contributed by atoms with Crippen LogP contribution in [-0.4, -0.2) is 35.1 Å². The van der Waals surface area contributed by atoms with Crippen molar-refractivity contribution in [2.75, 3.05) is 18.4 Å². The first kappa shape index (κ1) is 13.7. The zero-order valence-corrected chi connectivity index (χ0v) is 12.0. The molecule has 0 radical (unpaired) electrons. The lowest BCUT2D eigenvalue weighted by Gasteiger charge is -2.38. The third-order valence-corrected chi connectivity index (χ3v) is 3.38. The van der Waals surface area contributed by atoms with Crippen LogP contribution >= 0.6 is 11.6 Å². The normalized spacial score (nSPS) is 14.4. The van der Waals surface area contributed by atoms with Crippen molar-refractivity contribution in [1.29, 1.82) is 0 Å². The summed E-state index contributed by atoms with van der Waals surface area (Å²) in [5.41, 5.74) is 0.684. The van der Waals surface area contributed by atoms with Gasteiger partial charge in [-0.25, -0.2) is 4.79 Å². The zero-order valence-electron chi connectivity index (χ0n) is 11.2. The topological polar surface area (TPSA) is 54.5 Å². The van der Waals surface area contributed by atoms with Gasteiger partial charge in [0.25, 0.3) is 0 Å². The molecule has 1 aromatic heterocycles. The molecule has 1 saturated heterocycles. The summed E-state index contributed by atoms with van der Waals surface area (Å²) < 4.78 is 5.69. The molecule has 1 fully saturated rings. The minimum absolute atomic E-state index is 0.0133. The summed E-state index contributed by atoms with van der Waals surface area (Å²) in [6.07, 6.45) is 3.37. The van der Waals surface area contributed by atoms with Crippen molar-refractivity contribution >= 4 is 23.3 Å². The number of pyridine rings is 1. The third-order valence-electron chi connectivity index (χ3n) is 3.15. The van der Waals surface area contributed by atoms with Crippen molar-refractivity contribution in [1.82, 2.24) is 9.88 Å². The van der Waals surface area contributed by atoms with E-state index in [0.717, 1.165) is 5.75 Å². The van der Waals surface area contributed by atoms with Gasteiger partial charge in [-0.3, -0.25) is 4.98 Å². The van der Waals surface area contributed by atoms with Crippen LogP contribution in [0.1, 0.15) is 0 Å². The molecule has 0 spiro atoms. The first-order valence-corrected chi connectivity index (χ1v) is 6.97. The summed E-state index contributed by atoms with van der Waals surface area (Å²) in [4.78, 5) is 17.7. The molecule has 1 aromatic carbocycles. The fourth-order valence-electron chi connectivity index (χ4n) is 2.06. The van der Waals surface area contributed by atoms with E-state index in [1.54, 1.807) is 41.6 Å². The van der Waals surface area contributed by atoms with Crippen molar-refractivity contribution in [3.8, 4) is 5.75 Å². The van der Waals surface area contributed by atoms with Crippen LogP contribution in [0.15, 0.2) is 48.8 Å². The van der Waals surface area contributed by atoms with Crippen molar-refractivity contribution in [2.45, 2.75) is 6.10 Å². The van der Waals surface area contributed by atoms with Crippen LogP contribution < -0.4 is 10.1 Å². The van der Waals surface area contributed by atoms with E-state index >= 15 is 0 Å². The Kier molecular flexibility index (Phi) is 3.92. The van der Waals surface area contributed by atoms with Crippen LogP contribution in [0.4, 0.5) is 10.5 Å². The van der Waals surface area contributed by atoms with E-state index in [1.165, 1.54) is 0 Å². The number of carbonyl (C=O) groups excluding carboxylic acids is 1. The largest absolute Gasteiger partial charge is 0.485 e. The highest BCUT2D eigenvalue weighted by Gasteiger charge is 2.32. The summed E-state index contributed by atoms with van der Waals surface area (Å²) in [6.45, 7) is 1.11. The second kappa shape index (κ2) is 6.01. The Bertz CT molecular complexity index is 630. The number of anilines is 1. The first-order valence-electron chi connectivity index (χ1n) is 6.59. The average Bonchev–Trinajstić information content (AvgIpc) is 2.43. The maximum atomic E-state index is 12.0. The Hall–Kier alpha value is -2.27. The second-order valence-corrected chi connectivity index (χ2v) is 5.21. The molecular weight excluding hydrogens is 290 g/mol. The maximum absolute atomic E-state index is 12.0. The van der Waals surface area contributed by atoms with Crippen LogP contribution in [-0.2, 0) is 0 Å². The molecule has 0 bridgehead atoms. The number of hydrogen-bond donors (Lipinski definition) is 1. The number of nitrogens with zero attached hydrogens (tertiary/aromatic N) is 2. The van der Waals surface area contributed by atoms with E-state index in [-0.39, 0.29) is 12.1 Å². The van der Waals surface area contributed by atoms with Crippen molar-refractivity contribution in [2.24, 2.45) is 0 Å². The number of benzene rings is 1. The number of aromatic nitrogens is 1. The number of carbonyl (C=O) groups is 1. The minimum Gasteiger partial charge on any atom is -0.485 e. The highest BCUT2D eigenvalue weighted by Crippen LogP contribution is 2.19. The van der Waals surface area contributed by atoms with Gasteiger partial charge in [0.2, 0.25) is 0 Å². The van der Waals surface area contributed by atoms with Crippen LogP contribution in [0.3, 0.4) is 0 Å². The SMILES string of the molecule is O=C(Nc1cccc(Cl)c1)N1CC(Oc2cccnc2)C1. The van der Waals surface area contributed by atoms with Crippen LogP contribution in [0.25, 0.3) is 0 Å². The average molecular weight is 304 g/mol. The lowest BCUT2D eigenvalue weighted by Crippen LogP contribution is -2.57. The Labute approximate surface area is 127 Å². The van der Waals surface area contributed by atoms with E-state index in [4.69, 9.17) is 16.3 Å². The van der Waals surface area contributed by atoms with Crippen LogP contribution in [0, 0.1) is 0 Å². The Balaban J connectivity index is 1.48. The Morgan fingerprint density at radius 2 is 2.19 bits per heavy atom. The van der Waals surface area contributed by atoms with Crippen molar-refractivity contribution in [3.05, 3.63) is 53.8 Å². The fraction of sp³-hybridized carbons (Fsp3) is 0.200. The number of ether oxygens (including phenoxy) is 1. The van der Waals surface area contributed by atoms with Gasteiger partial charge in [-0.1, -0.05) is 17.7 Å². The fourth-order valence-corrected chi connectivity index (χ4v) is 2.25. The van der Waals surface area contributed by atoms with Gasteiger partial charge in [0.1, 0.15) is 11.9 Å². The zero-order chi connectivity index (χ0) is 14.7. The molecule has 21 heavy (non-hydrogen) atoms. The number of nitrogens with one attached hydrogen (secondary N) is 1. The van der Waals surface area contributed by atoms with Gasteiger partial charge in [0.05, 0.1) is 19.3 Å². The maximum Gasteiger partial charge on any atom is 0.322 e. The molecule has 1 aliphatic heterocycles. The molecule has 1 aliphatic rings. The molecule has 5 nitrogen and oxygen atoms in total. The summed E-state index contributed by atoms with van der Waals surface area (Å²) in [6, 6.07) is 10.6. The summed E-state index contributed by atoms with van der Waals surface area (Å²) in [5, 5.41) is 3.40. The van der Waals surface area contributed by atoms with E-state index in [1.807, 2.05) is 12.1 Å². The highest BCUT2D eigenvalue weighted by molar-refractivity contribution is 6.30. The van der Waals surface area contributed by atoms with E-state index < -0.39 is 0 Å². The van der Waals surface area contributed by atoms with Gasteiger partial charge in [-0.2, -0.15) is 0 Å². The quantitative estimate of drug-likeness (QED) is 0.948. The number of likely N-dealkylation sites (tertiary alicyclic amines) is 1. The number of hydrogen-bond acceptors (Lipinski definition) is 3. The Morgan fingerprint density at radius 1 is 1.33 bits per heavy atom. The predicted octanol–water partition coefficient (Wildman–Crippen LogP) is 3.03. The molecule has 0 atom stereocenters. The van der Waals surface area contributed by atoms with Crippen molar-refractivity contribution < 1.29 is 9.53 Å². The van der Waals surface area contributed by atoms with Crippen molar-refractivity contribution in [3.63, 3.8) is 0 Å². The van der Waals surface area contributed by atoms with Gasteiger partial charge >= 0.3 is 6.03 Å². The van der Waals surface area contributed by atoms with Crippen LogP contribution in [0.5, 0.6) is 5.75 Å². The van der Waals surface area contributed by atoms with Gasteiger partial charge in [0, 0.05) is 16.9 Å². The number of rotatable bonds is 3. The predicted molar refractivity (Wildman–Crippen MR) is 80.7 cm³/mol. The van der Waals surface area contributed by atoms with Gasteiger partial charge in [0.15, 0.2) is 0 Å². The summed E-state index contributed by atoms with van der Waals surface area (Å²) in [5.74, 6) is 0.720. The molecular formula is C15H14ClN3O2. The van der Waals surface area contributed by atoms with E-state index in [2.05, 4.69) is 10.3 Å². The lowest BCUT2D eigenvalue weighted by molar-refractivity contribution is 0.0490. The molecule has 6 heteroatoms. The van der Waals surface area contributed by atoms with E-state index in [0.29, 0.717) is 23.8 Å². The summed E-state index contributed by atoms with van der Waals surface area (Å²) >= 11 is 5.88. The van der Waals surface area contributed by atoms with Gasteiger partial charge in [-0.05, 0) is 30.3 Å². The molecule has 0 saturated carbocycles. The smallest absolute Gasteiger partial charge is 0.322 e. The van der Waals surface area contributed by atoms with E-state index in [9.17, 15) is 4.79 Å². The first-order chi connectivity index (χ1) is 10.2. The van der Waals surface area contributed by atoms with Gasteiger partial charge < -0.3 is 15.0 Å². The second-order valence-electron chi connectivity index (χ2n) is 4.77. The highest BCUT2D eigenvalue weighted by atomic mass is 35.5. The number of halogens is 1. The third kappa shape index (κ3) is 3.44. The summed E-state index contributed by atoms with van der Waals surface area (Å²) in [7, 11) is 0. The molecule has 2 amide bonds. The lowest BCUT2D eigenvalue weighted by atomic mass is 10.2. The molecule has 0 unspecified atom stereocenters. The molecule has 2 heterocycles. The minimum atomic E-state index is -0.150. The monoisotopic (exact) mass is 303 g/mol. The molecule has 108 valence electrons. The van der Waals surface area contributed by atoms with Gasteiger partial charge in [-0.15, -0.1) is 0 Å². The molecule has 3 rings (SSSR count). The van der Waals surface area contributed by atoms with Crippen LogP contribution in [0.2, 0.25) is 5.02 Å². The molecule has 2 aromatic rings. The number of amides is 2. The molecule has 1 N–H and O–H groups in total.